The van der Waals surface area contributed by atoms with E-state index in [2.05, 4.69) is 4.98 Å². The maximum atomic E-state index is 12.8. The topological polar surface area (TPSA) is 102 Å². The van der Waals surface area contributed by atoms with Crippen LogP contribution in [0.1, 0.15) is 18.9 Å². The summed E-state index contributed by atoms with van der Waals surface area (Å²) >= 11 is 6.04. The average Bonchev–Trinajstić information content (AvgIpc) is 3.15. The summed E-state index contributed by atoms with van der Waals surface area (Å²) in [4.78, 5) is 14.6. The molecular formula is C16H18ClN3O5S. The number of hydrogen-bond donors (Lipinski definition) is 1. The number of halogens is 1. The van der Waals surface area contributed by atoms with E-state index in [1.165, 1.54) is 22.5 Å². The third-order valence-corrected chi connectivity index (χ3v) is 6.45. The van der Waals surface area contributed by atoms with Crippen LogP contribution in [0.25, 0.3) is 0 Å². The summed E-state index contributed by atoms with van der Waals surface area (Å²) in [6.45, 7) is 0.258. The van der Waals surface area contributed by atoms with E-state index >= 15 is 0 Å². The Balaban J connectivity index is 1.70. The van der Waals surface area contributed by atoms with Crippen LogP contribution in [0, 0.1) is 0 Å². The molecule has 1 saturated heterocycles. The number of benzene rings is 1. The molecule has 1 aromatic heterocycles. The molecule has 0 spiro atoms. The number of rotatable bonds is 6. The third kappa shape index (κ3) is 4.00. The van der Waals surface area contributed by atoms with Crippen molar-refractivity contribution in [2.24, 2.45) is 0 Å². The quantitative estimate of drug-likeness (QED) is 0.797. The molecule has 140 valence electrons. The van der Waals surface area contributed by atoms with Crippen molar-refractivity contribution in [2.75, 3.05) is 19.7 Å². The van der Waals surface area contributed by atoms with Gasteiger partial charge in [0.15, 0.2) is 6.61 Å². The van der Waals surface area contributed by atoms with Crippen molar-refractivity contribution in [2.45, 2.75) is 23.8 Å². The number of imidazole rings is 1. The second kappa shape index (κ2) is 7.65. The second-order valence-electron chi connectivity index (χ2n) is 5.92. The summed E-state index contributed by atoms with van der Waals surface area (Å²) in [6.07, 6.45) is 6.72. The Kier molecular flexibility index (Phi) is 5.49. The molecule has 0 saturated carbocycles. The maximum absolute atomic E-state index is 12.8. The van der Waals surface area contributed by atoms with Crippen molar-refractivity contribution in [3.8, 4) is 5.75 Å². The van der Waals surface area contributed by atoms with Crippen LogP contribution in [0.5, 0.6) is 5.75 Å². The van der Waals surface area contributed by atoms with Gasteiger partial charge in [0.2, 0.25) is 10.0 Å². The number of carbonyl (C=O) groups is 1. The number of sulfonamides is 1. The zero-order chi connectivity index (χ0) is 18.7. The van der Waals surface area contributed by atoms with Gasteiger partial charge in [-0.25, -0.2) is 18.2 Å². The molecule has 1 N–H and O–H groups in total. The number of ether oxygens (including phenoxy) is 1. The molecule has 1 fully saturated rings. The lowest BCUT2D eigenvalue weighted by Gasteiger charge is -2.31. The van der Waals surface area contributed by atoms with Crippen molar-refractivity contribution in [1.29, 1.82) is 0 Å². The Morgan fingerprint density at radius 1 is 1.35 bits per heavy atom. The first kappa shape index (κ1) is 18.7. The van der Waals surface area contributed by atoms with Gasteiger partial charge in [-0.15, -0.1) is 0 Å². The molecule has 0 bridgehead atoms. The molecule has 8 nitrogen and oxygen atoms in total. The van der Waals surface area contributed by atoms with Gasteiger partial charge < -0.3 is 14.4 Å². The Morgan fingerprint density at radius 3 is 2.65 bits per heavy atom. The van der Waals surface area contributed by atoms with Gasteiger partial charge in [-0.2, -0.15) is 4.31 Å². The predicted molar refractivity (Wildman–Crippen MR) is 93.8 cm³/mol. The largest absolute Gasteiger partial charge is 0.480 e. The van der Waals surface area contributed by atoms with Crippen molar-refractivity contribution < 1.29 is 23.1 Å². The molecule has 0 unspecified atom stereocenters. The van der Waals surface area contributed by atoms with E-state index in [4.69, 9.17) is 21.4 Å². The Bertz CT molecular complexity index is 877. The van der Waals surface area contributed by atoms with Crippen LogP contribution in [0.4, 0.5) is 0 Å². The zero-order valence-electron chi connectivity index (χ0n) is 13.8. The summed E-state index contributed by atoms with van der Waals surface area (Å²) in [5.74, 6) is -1.01. The number of carboxylic acids is 1. The first-order valence-corrected chi connectivity index (χ1v) is 9.81. The van der Waals surface area contributed by atoms with Crippen molar-refractivity contribution in [3.05, 3.63) is 41.9 Å². The zero-order valence-corrected chi connectivity index (χ0v) is 15.4. The number of aliphatic carboxylic acids is 1. The molecule has 10 heteroatoms. The van der Waals surface area contributed by atoms with Gasteiger partial charge in [-0.05, 0) is 31.0 Å². The van der Waals surface area contributed by atoms with E-state index in [1.807, 2.05) is 10.8 Å². The first-order valence-electron chi connectivity index (χ1n) is 7.99. The van der Waals surface area contributed by atoms with Crippen LogP contribution in [0.15, 0.2) is 41.8 Å². The lowest BCUT2D eigenvalue weighted by Crippen LogP contribution is -2.38. The molecule has 0 atom stereocenters. The lowest BCUT2D eigenvalue weighted by atomic mass is 10.1. The molecule has 1 aromatic carbocycles. The number of piperidine rings is 1. The van der Waals surface area contributed by atoms with Crippen LogP contribution in [0.3, 0.4) is 0 Å². The van der Waals surface area contributed by atoms with Crippen molar-refractivity contribution in [3.63, 3.8) is 0 Å². The smallest absolute Gasteiger partial charge is 0.341 e. The van der Waals surface area contributed by atoms with Gasteiger partial charge in [-0.1, -0.05) is 11.6 Å². The van der Waals surface area contributed by atoms with E-state index < -0.39 is 22.6 Å². The Morgan fingerprint density at radius 2 is 2.08 bits per heavy atom. The summed E-state index contributed by atoms with van der Waals surface area (Å²) in [5.41, 5.74) is 0. The fraction of sp³-hybridized carbons (Fsp3) is 0.375. The van der Waals surface area contributed by atoms with Gasteiger partial charge in [0.1, 0.15) is 5.75 Å². The van der Waals surface area contributed by atoms with E-state index in [-0.39, 0.29) is 21.7 Å². The monoisotopic (exact) mass is 399 g/mol. The molecule has 26 heavy (non-hydrogen) atoms. The van der Waals surface area contributed by atoms with Crippen molar-refractivity contribution in [1.82, 2.24) is 13.9 Å². The molecular weight excluding hydrogens is 382 g/mol. The second-order valence-corrected chi connectivity index (χ2v) is 8.26. The molecule has 0 amide bonds. The Labute approximate surface area is 156 Å². The third-order valence-electron chi connectivity index (χ3n) is 4.26. The molecule has 2 aromatic rings. The predicted octanol–water partition coefficient (Wildman–Crippen LogP) is 2.03. The fourth-order valence-corrected chi connectivity index (χ4v) is 4.71. The molecule has 1 aliphatic rings. The van der Waals surface area contributed by atoms with Gasteiger partial charge >= 0.3 is 5.97 Å². The molecule has 2 heterocycles. The molecule has 0 radical (unpaired) electrons. The van der Waals surface area contributed by atoms with Crippen LogP contribution in [-0.4, -0.2) is 53.0 Å². The van der Waals surface area contributed by atoms with Crippen LogP contribution >= 0.6 is 11.6 Å². The Hall–Kier alpha value is -2.10. The van der Waals surface area contributed by atoms with Gasteiger partial charge in [0, 0.05) is 31.5 Å². The van der Waals surface area contributed by atoms with E-state index in [0.29, 0.717) is 25.9 Å². The van der Waals surface area contributed by atoms with E-state index in [1.54, 1.807) is 12.5 Å². The minimum Gasteiger partial charge on any atom is -0.480 e. The highest BCUT2D eigenvalue weighted by molar-refractivity contribution is 7.89. The summed E-state index contributed by atoms with van der Waals surface area (Å²) < 4.78 is 34.1. The number of hydrogen-bond acceptors (Lipinski definition) is 5. The molecule has 0 aliphatic carbocycles. The number of nitrogens with zero attached hydrogens (tertiary/aromatic N) is 3. The van der Waals surface area contributed by atoms with Gasteiger partial charge in [0.25, 0.3) is 0 Å². The normalized spacial score (nSPS) is 16.5. The maximum Gasteiger partial charge on any atom is 0.341 e. The van der Waals surface area contributed by atoms with Crippen LogP contribution in [0.2, 0.25) is 5.02 Å². The highest BCUT2D eigenvalue weighted by Crippen LogP contribution is 2.31. The summed E-state index contributed by atoms with van der Waals surface area (Å²) in [7, 11) is -3.67. The highest BCUT2D eigenvalue weighted by atomic mass is 35.5. The van der Waals surface area contributed by atoms with Gasteiger partial charge in [-0.3, -0.25) is 0 Å². The average molecular weight is 400 g/mol. The van der Waals surface area contributed by atoms with Gasteiger partial charge in [0.05, 0.1) is 16.2 Å². The number of carboxylic acid groups (broad SMARTS) is 1. The number of aromatic nitrogens is 2. The SMILES string of the molecule is O=C(O)COc1ccc(S(=O)(=O)N2CCC(n3ccnc3)CC2)cc1Cl. The first-order chi connectivity index (χ1) is 12.4. The summed E-state index contributed by atoms with van der Waals surface area (Å²) in [6, 6.07) is 4.27. The minimum absolute atomic E-state index is 0.0561. The fourth-order valence-electron chi connectivity index (χ4n) is 2.91. The summed E-state index contributed by atoms with van der Waals surface area (Å²) in [5, 5.41) is 8.69. The molecule has 3 rings (SSSR count). The van der Waals surface area contributed by atoms with Crippen LogP contribution in [-0.2, 0) is 14.8 Å². The van der Waals surface area contributed by atoms with Crippen LogP contribution < -0.4 is 4.74 Å². The van der Waals surface area contributed by atoms with E-state index in [0.717, 1.165) is 0 Å². The lowest BCUT2D eigenvalue weighted by molar-refractivity contribution is -0.139. The standard InChI is InChI=1S/C16H18ClN3O5S/c17-14-9-13(1-2-15(14)25-10-16(21)22)26(23,24)20-6-3-12(4-7-20)19-8-5-18-11-19/h1-2,5,8-9,11-12H,3-4,6-7,10H2,(H,21,22). The highest BCUT2D eigenvalue weighted by Gasteiger charge is 2.30. The minimum atomic E-state index is -3.67. The van der Waals surface area contributed by atoms with Crippen molar-refractivity contribution >= 4 is 27.6 Å². The molecule has 1 aliphatic heterocycles. The van der Waals surface area contributed by atoms with E-state index in [9.17, 15) is 13.2 Å².